The summed E-state index contributed by atoms with van der Waals surface area (Å²) in [7, 11) is -1.95. The highest BCUT2D eigenvalue weighted by atomic mass is 32.2. The Balaban J connectivity index is 2.09. The van der Waals surface area contributed by atoms with Crippen molar-refractivity contribution in [1.29, 1.82) is 0 Å². The van der Waals surface area contributed by atoms with E-state index in [-0.39, 0.29) is 18.9 Å². The minimum atomic E-state index is -3.48. The van der Waals surface area contributed by atoms with Crippen LogP contribution in [0.2, 0.25) is 0 Å². The topological polar surface area (TPSA) is 75.7 Å². The molecule has 0 saturated heterocycles. The Labute approximate surface area is 148 Å². The number of amides is 1. The Bertz CT molecular complexity index is 835. The number of rotatable bonds is 7. The molecule has 0 aliphatic heterocycles. The number of sulfonamides is 1. The molecule has 0 fully saturated rings. The van der Waals surface area contributed by atoms with E-state index in [2.05, 4.69) is 5.32 Å². The lowest BCUT2D eigenvalue weighted by molar-refractivity contribution is -0.116. The van der Waals surface area contributed by atoms with Crippen LogP contribution in [0.15, 0.2) is 48.5 Å². The summed E-state index contributed by atoms with van der Waals surface area (Å²) >= 11 is 0. The molecule has 0 aliphatic carbocycles. The first-order valence-corrected chi connectivity index (χ1v) is 9.63. The van der Waals surface area contributed by atoms with Gasteiger partial charge in [-0.1, -0.05) is 24.3 Å². The van der Waals surface area contributed by atoms with Crippen LogP contribution in [0.4, 0.5) is 11.4 Å². The number of nitrogens with one attached hydrogen (secondary N) is 1. The molecule has 134 valence electrons. The fraction of sp³-hybridized carbons (Fsp3) is 0.278. The maximum atomic E-state index is 12.3. The molecule has 2 aromatic carbocycles. The van der Waals surface area contributed by atoms with E-state index in [0.717, 1.165) is 11.8 Å². The lowest BCUT2D eigenvalue weighted by Gasteiger charge is -2.22. The van der Waals surface area contributed by atoms with Crippen molar-refractivity contribution in [3.63, 3.8) is 0 Å². The molecule has 0 atom stereocenters. The normalized spacial score (nSPS) is 11.0. The summed E-state index contributed by atoms with van der Waals surface area (Å²) < 4.78 is 30.5. The first-order chi connectivity index (χ1) is 11.8. The molecule has 1 N–H and O–H groups in total. The molecule has 7 heteroatoms. The van der Waals surface area contributed by atoms with E-state index in [9.17, 15) is 13.2 Å². The van der Waals surface area contributed by atoms with Crippen molar-refractivity contribution in [2.45, 2.75) is 13.3 Å². The van der Waals surface area contributed by atoms with E-state index < -0.39 is 10.0 Å². The van der Waals surface area contributed by atoms with Gasteiger partial charge in [-0.25, -0.2) is 8.42 Å². The zero-order chi connectivity index (χ0) is 18.4. The maximum absolute atomic E-state index is 12.3. The largest absolute Gasteiger partial charge is 0.495 e. The fourth-order valence-corrected chi connectivity index (χ4v) is 3.34. The zero-order valence-corrected chi connectivity index (χ0v) is 15.3. The average molecular weight is 362 g/mol. The molecule has 25 heavy (non-hydrogen) atoms. The Morgan fingerprint density at radius 1 is 1.16 bits per heavy atom. The van der Waals surface area contributed by atoms with Crippen molar-refractivity contribution in [2.24, 2.45) is 0 Å². The molecule has 0 aromatic heterocycles. The number of methoxy groups -OCH3 is 1. The van der Waals surface area contributed by atoms with Gasteiger partial charge in [0.15, 0.2) is 0 Å². The number of ether oxygens (including phenoxy) is 1. The van der Waals surface area contributed by atoms with Crippen LogP contribution in [-0.2, 0) is 14.8 Å². The number of hydrogen-bond donors (Lipinski definition) is 1. The molecular formula is C18H22N2O4S. The second-order valence-corrected chi connectivity index (χ2v) is 7.58. The van der Waals surface area contributed by atoms with Crippen LogP contribution < -0.4 is 14.4 Å². The van der Waals surface area contributed by atoms with Gasteiger partial charge in [0.05, 0.1) is 24.7 Å². The molecule has 0 unspecified atom stereocenters. The summed E-state index contributed by atoms with van der Waals surface area (Å²) in [4.78, 5) is 12.3. The van der Waals surface area contributed by atoms with E-state index >= 15 is 0 Å². The molecular weight excluding hydrogens is 340 g/mol. The molecule has 0 aliphatic rings. The number of para-hydroxylation sites is 1. The van der Waals surface area contributed by atoms with Gasteiger partial charge in [-0.05, 0) is 36.8 Å². The van der Waals surface area contributed by atoms with Crippen molar-refractivity contribution in [3.05, 3.63) is 54.1 Å². The maximum Gasteiger partial charge on any atom is 0.232 e. The van der Waals surface area contributed by atoms with Crippen LogP contribution in [0.1, 0.15) is 12.0 Å². The average Bonchev–Trinajstić information content (AvgIpc) is 2.55. The molecule has 0 heterocycles. The van der Waals surface area contributed by atoms with Crippen molar-refractivity contribution in [3.8, 4) is 5.75 Å². The standard InChI is InChI=1S/C18H22N2O4S/c1-14-9-10-17(24-2)16(13-14)19-18(21)11-12-20(25(3,22)23)15-7-5-4-6-8-15/h4-10,13H,11-12H2,1-3H3,(H,19,21). The number of carbonyl (C=O) groups is 1. The highest BCUT2D eigenvalue weighted by Gasteiger charge is 2.18. The van der Waals surface area contributed by atoms with E-state index in [1.54, 1.807) is 36.4 Å². The molecule has 1 amide bonds. The summed E-state index contributed by atoms with van der Waals surface area (Å²) in [5, 5.41) is 2.78. The van der Waals surface area contributed by atoms with Crippen LogP contribution in [0, 0.1) is 6.92 Å². The number of benzene rings is 2. The monoisotopic (exact) mass is 362 g/mol. The Morgan fingerprint density at radius 3 is 2.44 bits per heavy atom. The minimum Gasteiger partial charge on any atom is -0.495 e. The van der Waals surface area contributed by atoms with Gasteiger partial charge < -0.3 is 10.1 Å². The Morgan fingerprint density at radius 2 is 1.84 bits per heavy atom. The Kier molecular flexibility index (Phi) is 6.03. The van der Waals surface area contributed by atoms with Gasteiger partial charge in [-0.3, -0.25) is 9.10 Å². The van der Waals surface area contributed by atoms with Crippen molar-refractivity contribution in [2.75, 3.05) is 29.5 Å². The molecule has 0 radical (unpaired) electrons. The van der Waals surface area contributed by atoms with Crippen LogP contribution in [0.3, 0.4) is 0 Å². The highest BCUT2D eigenvalue weighted by Crippen LogP contribution is 2.25. The van der Waals surface area contributed by atoms with Gasteiger partial charge in [-0.15, -0.1) is 0 Å². The summed E-state index contributed by atoms with van der Waals surface area (Å²) in [6.45, 7) is 1.97. The van der Waals surface area contributed by atoms with Crippen molar-refractivity contribution < 1.29 is 17.9 Å². The minimum absolute atomic E-state index is 0.0268. The number of anilines is 2. The summed E-state index contributed by atoms with van der Waals surface area (Å²) in [5.41, 5.74) is 2.09. The van der Waals surface area contributed by atoms with Gasteiger partial charge >= 0.3 is 0 Å². The first-order valence-electron chi connectivity index (χ1n) is 7.78. The smallest absolute Gasteiger partial charge is 0.232 e. The molecule has 0 spiro atoms. The molecule has 0 bridgehead atoms. The summed E-state index contributed by atoms with van der Waals surface area (Å²) in [5.74, 6) is 0.274. The fourth-order valence-electron chi connectivity index (χ4n) is 2.42. The van der Waals surface area contributed by atoms with Crippen LogP contribution in [0.5, 0.6) is 5.75 Å². The predicted molar refractivity (Wildman–Crippen MR) is 99.6 cm³/mol. The second-order valence-electron chi connectivity index (χ2n) is 5.67. The molecule has 0 saturated carbocycles. The number of carbonyl (C=O) groups excluding carboxylic acids is 1. The SMILES string of the molecule is COc1ccc(C)cc1NC(=O)CCN(c1ccccc1)S(C)(=O)=O. The van der Waals surface area contributed by atoms with Crippen molar-refractivity contribution >= 4 is 27.3 Å². The first kappa shape index (κ1) is 18.8. The molecule has 6 nitrogen and oxygen atoms in total. The highest BCUT2D eigenvalue weighted by molar-refractivity contribution is 7.92. The van der Waals surface area contributed by atoms with Crippen LogP contribution in [0.25, 0.3) is 0 Å². The van der Waals surface area contributed by atoms with E-state index in [1.165, 1.54) is 11.4 Å². The second kappa shape index (κ2) is 8.02. The molecule has 2 aromatic rings. The quantitative estimate of drug-likeness (QED) is 0.822. The number of hydrogen-bond acceptors (Lipinski definition) is 4. The lowest BCUT2D eigenvalue weighted by Crippen LogP contribution is -2.33. The van der Waals surface area contributed by atoms with E-state index in [0.29, 0.717) is 17.1 Å². The predicted octanol–water partition coefficient (Wildman–Crippen LogP) is 2.80. The van der Waals surface area contributed by atoms with Gasteiger partial charge in [0.1, 0.15) is 5.75 Å². The van der Waals surface area contributed by atoms with Crippen molar-refractivity contribution in [1.82, 2.24) is 0 Å². The van der Waals surface area contributed by atoms with Gasteiger partial charge in [0, 0.05) is 13.0 Å². The molecule has 2 rings (SSSR count). The van der Waals surface area contributed by atoms with Crippen LogP contribution in [-0.4, -0.2) is 34.2 Å². The van der Waals surface area contributed by atoms with Crippen LogP contribution >= 0.6 is 0 Å². The third-order valence-corrected chi connectivity index (χ3v) is 4.81. The van der Waals surface area contributed by atoms with Gasteiger partial charge in [0.25, 0.3) is 0 Å². The number of aryl methyl sites for hydroxylation is 1. The zero-order valence-electron chi connectivity index (χ0n) is 14.5. The van der Waals surface area contributed by atoms with E-state index in [1.807, 2.05) is 19.1 Å². The lowest BCUT2D eigenvalue weighted by atomic mass is 10.2. The summed E-state index contributed by atoms with van der Waals surface area (Å²) in [6, 6.07) is 14.2. The third-order valence-electron chi connectivity index (χ3n) is 3.62. The van der Waals surface area contributed by atoms with Gasteiger partial charge in [-0.2, -0.15) is 0 Å². The van der Waals surface area contributed by atoms with E-state index in [4.69, 9.17) is 4.74 Å². The third kappa shape index (κ3) is 5.22. The number of nitrogens with zero attached hydrogens (tertiary/aromatic N) is 1. The van der Waals surface area contributed by atoms with Gasteiger partial charge in [0.2, 0.25) is 15.9 Å². The summed E-state index contributed by atoms with van der Waals surface area (Å²) in [6.07, 6.45) is 1.15. The Hall–Kier alpha value is -2.54.